The van der Waals surface area contributed by atoms with Crippen molar-refractivity contribution in [2.24, 2.45) is 13.0 Å². The normalized spacial score (nSPS) is 18.6. The average molecular weight is 309 g/mol. The highest BCUT2D eigenvalue weighted by atomic mass is 16.5. The van der Waals surface area contributed by atoms with Gasteiger partial charge in [-0.15, -0.1) is 0 Å². The summed E-state index contributed by atoms with van der Waals surface area (Å²) in [5.74, 6) is 0.837. The van der Waals surface area contributed by atoms with Gasteiger partial charge in [-0.2, -0.15) is 0 Å². The molecular formula is C16H27N3O3. The number of hydrogen-bond acceptors (Lipinski definition) is 5. The first kappa shape index (κ1) is 17.0. The molecule has 124 valence electrons. The van der Waals surface area contributed by atoms with Crippen LogP contribution in [0.15, 0.2) is 12.4 Å². The first-order valence-electron chi connectivity index (χ1n) is 8.04. The largest absolute Gasteiger partial charge is 0.463 e. The van der Waals surface area contributed by atoms with Crippen molar-refractivity contribution in [2.45, 2.75) is 45.3 Å². The Morgan fingerprint density at radius 1 is 1.45 bits per heavy atom. The van der Waals surface area contributed by atoms with Crippen LogP contribution < -0.4 is 0 Å². The molecule has 1 unspecified atom stereocenters. The van der Waals surface area contributed by atoms with E-state index in [1.807, 2.05) is 31.7 Å². The number of ether oxygens (including phenoxy) is 1. The third-order valence-corrected chi connectivity index (χ3v) is 4.20. The molecule has 0 bridgehead atoms. The molecule has 1 saturated heterocycles. The highest BCUT2D eigenvalue weighted by molar-refractivity contribution is 5.69. The Labute approximate surface area is 132 Å². The molecular weight excluding hydrogens is 282 g/mol. The minimum Gasteiger partial charge on any atom is -0.463 e. The van der Waals surface area contributed by atoms with Crippen LogP contribution in [-0.2, 0) is 16.6 Å². The van der Waals surface area contributed by atoms with Gasteiger partial charge in [-0.25, -0.2) is 4.98 Å². The fourth-order valence-corrected chi connectivity index (χ4v) is 2.94. The lowest BCUT2D eigenvalue weighted by Gasteiger charge is -2.33. The van der Waals surface area contributed by atoms with Crippen molar-refractivity contribution < 1.29 is 14.6 Å². The van der Waals surface area contributed by atoms with Crippen LogP contribution in [0.25, 0.3) is 0 Å². The number of piperidine rings is 1. The molecule has 1 atom stereocenters. The lowest BCUT2D eigenvalue weighted by Crippen LogP contribution is -2.37. The number of nitrogens with zero attached hydrogens (tertiary/aromatic N) is 3. The second-order valence-corrected chi connectivity index (χ2v) is 6.31. The van der Waals surface area contributed by atoms with Crippen LogP contribution in [0.5, 0.6) is 0 Å². The van der Waals surface area contributed by atoms with Crippen molar-refractivity contribution in [3.05, 3.63) is 18.2 Å². The summed E-state index contributed by atoms with van der Waals surface area (Å²) in [7, 11) is 1.90. The minimum atomic E-state index is -0.506. The number of aliphatic hydroxyl groups excluding tert-OH is 1. The summed E-state index contributed by atoms with van der Waals surface area (Å²) >= 11 is 0. The van der Waals surface area contributed by atoms with E-state index in [9.17, 15) is 9.90 Å². The van der Waals surface area contributed by atoms with Gasteiger partial charge in [-0.1, -0.05) is 0 Å². The number of aromatic nitrogens is 2. The summed E-state index contributed by atoms with van der Waals surface area (Å²) in [4.78, 5) is 18.1. The first-order chi connectivity index (χ1) is 10.5. The third kappa shape index (κ3) is 4.55. The van der Waals surface area contributed by atoms with Crippen LogP contribution in [0.2, 0.25) is 0 Å². The molecule has 22 heavy (non-hydrogen) atoms. The van der Waals surface area contributed by atoms with Gasteiger partial charge in [-0.05, 0) is 45.7 Å². The van der Waals surface area contributed by atoms with E-state index in [1.165, 1.54) is 0 Å². The Morgan fingerprint density at radius 3 is 2.68 bits per heavy atom. The van der Waals surface area contributed by atoms with Crippen molar-refractivity contribution in [2.75, 3.05) is 19.6 Å². The summed E-state index contributed by atoms with van der Waals surface area (Å²) in [6.45, 7) is 6.27. The maximum atomic E-state index is 11.6. The number of esters is 1. The number of likely N-dealkylation sites (tertiary alicyclic amines) is 1. The van der Waals surface area contributed by atoms with Crippen LogP contribution in [-0.4, -0.2) is 51.3 Å². The SMILES string of the molecule is CC(C)OC(=O)CCN1CCC(C(O)c2nccn2C)CC1. The molecule has 6 heteroatoms. The number of aryl methyl sites for hydroxylation is 1. The van der Waals surface area contributed by atoms with Gasteiger partial charge in [0.25, 0.3) is 0 Å². The molecule has 1 aliphatic heterocycles. The standard InChI is InChI=1S/C16H27N3O3/c1-12(2)22-14(20)6-10-19-8-4-13(5-9-19)15(21)16-17-7-11-18(16)3/h7,11-13,15,21H,4-6,8-10H2,1-3H3. The maximum absolute atomic E-state index is 11.6. The Morgan fingerprint density at radius 2 is 2.14 bits per heavy atom. The second kappa shape index (κ2) is 7.74. The Balaban J connectivity index is 1.74. The van der Waals surface area contributed by atoms with E-state index in [0.29, 0.717) is 6.42 Å². The van der Waals surface area contributed by atoms with Crippen molar-refractivity contribution in [3.8, 4) is 0 Å². The molecule has 2 rings (SSSR count). The molecule has 1 aromatic heterocycles. The van der Waals surface area contributed by atoms with Gasteiger partial charge < -0.3 is 19.3 Å². The molecule has 1 N–H and O–H groups in total. The zero-order chi connectivity index (χ0) is 16.1. The fraction of sp³-hybridized carbons (Fsp3) is 0.750. The van der Waals surface area contributed by atoms with Gasteiger partial charge in [-0.3, -0.25) is 4.79 Å². The van der Waals surface area contributed by atoms with Crippen LogP contribution in [0.1, 0.15) is 45.0 Å². The predicted octanol–water partition coefficient (Wildman–Crippen LogP) is 1.51. The van der Waals surface area contributed by atoms with E-state index >= 15 is 0 Å². The number of rotatable bonds is 6. The number of carbonyl (C=O) groups excluding carboxylic acids is 1. The molecule has 0 aliphatic carbocycles. The van der Waals surface area contributed by atoms with Crippen molar-refractivity contribution in [3.63, 3.8) is 0 Å². The van der Waals surface area contributed by atoms with Crippen LogP contribution in [0.4, 0.5) is 0 Å². The number of imidazole rings is 1. The molecule has 0 amide bonds. The van der Waals surface area contributed by atoms with E-state index in [1.54, 1.807) is 6.20 Å². The molecule has 0 spiro atoms. The van der Waals surface area contributed by atoms with Crippen molar-refractivity contribution >= 4 is 5.97 Å². The van der Waals surface area contributed by atoms with Crippen LogP contribution in [0.3, 0.4) is 0 Å². The molecule has 6 nitrogen and oxygen atoms in total. The van der Waals surface area contributed by atoms with Gasteiger partial charge in [0.2, 0.25) is 0 Å². The van der Waals surface area contributed by atoms with Crippen molar-refractivity contribution in [1.29, 1.82) is 0 Å². The molecule has 0 radical (unpaired) electrons. The number of aliphatic hydroxyl groups is 1. The van der Waals surface area contributed by atoms with Gasteiger partial charge in [0, 0.05) is 26.0 Å². The highest BCUT2D eigenvalue weighted by Gasteiger charge is 2.28. The van der Waals surface area contributed by atoms with E-state index in [0.717, 1.165) is 38.3 Å². The second-order valence-electron chi connectivity index (χ2n) is 6.31. The van der Waals surface area contributed by atoms with Gasteiger partial charge >= 0.3 is 5.97 Å². The summed E-state index contributed by atoms with van der Waals surface area (Å²) in [6.07, 6.45) is 5.30. The number of hydrogen-bond donors (Lipinski definition) is 1. The average Bonchev–Trinajstić information content (AvgIpc) is 2.90. The van der Waals surface area contributed by atoms with E-state index in [-0.39, 0.29) is 18.0 Å². The summed E-state index contributed by atoms with van der Waals surface area (Å²) < 4.78 is 7.02. The monoisotopic (exact) mass is 309 g/mol. The summed E-state index contributed by atoms with van der Waals surface area (Å²) in [6, 6.07) is 0. The quantitative estimate of drug-likeness (QED) is 0.807. The minimum absolute atomic E-state index is 0.0498. The van der Waals surface area contributed by atoms with E-state index in [4.69, 9.17) is 4.74 Å². The zero-order valence-electron chi connectivity index (χ0n) is 13.7. The fourth-order valence-electron chi connectivity index (χ4n) is 2.94. The smallest absolute Gasteiger partial charge is 0.307 e. The first-order valence-corrected chi connectivity index (χ1v) is 8.04. The summed E-state index contributed by atoms with van der Waals surface area (Å²) in [5, 5.41) is 10.4. The zero-order valence-corrected chi connectivity index (χ0v) is 13.7. The molecule has 1 fully saturated rings. The maximum Gasteiger partial charge on any atom is 0.307 e. The van der Waals surface area contributed by atoms with Crippen LogP contribution >= 0.6 is 0 Å². The van der Waals surface area contributed by atoms with Crippen molar-refractivity contribution in [1.82, 2.24) is 14.5 Å². The summed E-state index contributed by atoms with van der Waals surface area (Å²) in [5.41, 5.74) is 0. The third-order valence-electron chi connectivity index (χ3n) is 4.20. The number of carbonyl (C=O) groups is 1. The molecule has 1 aromatic rings. The van der Waals surface area contributed by atoms with Gasteiger partial charge in [0.1, 0.15) is 11.9 Å². The molecule has 2 heterocycles. The Kier molecular flexibility index (Phi) is 5.97. The van der Waals surface area contributed by atoms with Gasteiger partial charge in [0.05, 0.1) is 12.5 Å². The molecule has 0 aromatic carbocycles. The molecule has 0 saturated carbocycles. The van der Waals surface area contributed by atoms with E-state index in [2.05, 4.69) is 9.88 Å². The lowest BCUT2D eigenvalue weighted by atomic mass is 9.90. The lowest BCUT2D eigenvalue weighted by molar-refractivity contribution is -0.147. The predicted molar refractivity (Wildman–Crippen MR) is 83.2 cm³/mol. The molecule has 1 aliphatic rings. The van der Waals surface area contributed by atoms with E-state index < -0.39 is 6.10 Å². The topological polar surface area (TPSA) is 67.6 Å². The highest BCUT2D eigenvalue weighted by Crippen LogP contribution is 2.29. The Hall–Kier alpha value is -1.40. The van der Waals surface area contributed by atoms with Gasteiger partial charge in [0.15, 0.2) is 0 Å². The van der Waals surface area contributed by atoms with Crippen LogP contribution in [0, 0.1) is 5.92 Å². The Bertz CT molecular complexity index is 479.